The average Bonchev–Trinajstić information content (AvgIpc) is 3.03. The summed E-state index contributed by atoms with van der Waals surface area (Å²) in [7, 11) is 0. The minimum atomic E-state index is -0.142. The minimum absolute atomic E-state index is 0.00709. The first-order chi connectivity index (χ1) is 12.6. The monoisotopic (exact) mass is 357 g/mol. The molecular weight excluding hydrogens is 326 g/mol. The molecule has 0 spiro atoms. The van der Waals surface area contributed by atoms with Gasteiger partial charge < -0.3 is 15.6 Å². The van der Waals surface area contributed by atoms with Crippen molar-refractivity contribution >= 4 is 22.7 Å². The van der Waals surface area contributed by atoms with Crippen LogP contribution in [0.5, 0.6) is 0 Å². The maximum Gasteiger partial charge on any atom is 0.239 e. The summed E-state index contributed by atoms with van der Waals surface area (Å²) in [6.07, 6.45) is 8.81. The van der Waals surface area contributed by atoms with Gasteiger partial charge in [-0.3, -0.25) is 9.59 Å². The SMILES string of the molecule is CCCCCCCC(=O)NCC(=O)N[C@@H](C)Cc1c[nH]c2ccccc12. The summed E-state index contributed by atoms with van der Waals surface area (Å²) in [5, 5.41) is 6.85. The van der Waals surface area contributed by atoms with Gasteiger partial charge >= 0.3 is 0 Å². The van der Waals surface area contributed by atoms with E-state index in [1.807, 2.05) is 31.3 Å². The van der Waals surface area contributed by atoms with Crippen molar-refractivity contribution in [3.05, 3.63) is 36.0 Å². The summed E-state index contributed by atoms with van der Waals surface area (Å²) < 4.78 is 0. The van der Waals surface area contributed by atoms with Crippen molar-refractivity contribution in [3.63, 3.8) is 0 Å². The van der Waals surface area contributed by atoms with Gasteiger partial charge in [0.1, 0.15) is 0 Å². The Labute approximate surface area is 155 Å². The lowest BCUT2D eigenvalue weighted by molar-refractivity contribution is -0.126. The molecule has 0 bridgehead atoms. The van der Waals surface area contributed by atoms with Gasteiger partial charge in [0.15, 0.2) is 0 Å². The number of aromatic amines is 1. The van der Waals surface area contributed by atoms with Gasteiger partial charge in [-0.05, 0) is 31.4 Å². The van der Waals surface area contributed by atoms with Crippen LogP contribution < -0.4 is 10.6 Å². The third-order valence-corrected chi connectivity index (χ3v) is 4.56. The quantitative estimate of drug-likeness (QED) is 0.537. The van der Waals surface area contributed by atoms with E-state index in [2.05, 4.69) is 28.6 Å². The highest BCUT2D eigenvalue weighted by atomic mass is 16.2. The number of hydrogen-bond acceptors (Lipinski definition) is 2. The summed E-state index contributed by atoms with van der Waals surface area (Å²) in [5.74, 6) is -0.183. The van der Waals surface area contributed by atoms with E-state index < -0.39 is 0 Å². The summed E-state index contributed by atoms with van der Waals surface area (Å²) in [6.45, 7) is 4.20. The van der Waals surface area contributed by atoms with E-state index in [9.17, 15) is 9.59 Å². The predicted molar refractivity (Wildman–Crippen MR) is 106 cm³/mol. The summed E-state index contributed by atoms with van der Waals surface area (Å²) in [4.78, 5) is 27.1. The van der Waals surface area contributed by atoms with Crippen LogP contribution in [0.25, 0.3) is 10.9 Å². The van der Waals surface area contributed by atoms with Crippen molar-refractivity contribution in [2.75, 3.05) is 6.54 Å². The first-order valence-electron chi connectivity index (χ1n) is 9.71. The Morgan fingerprint density at radius 2 is 1.85 bits per heavy atom. The molecule has 2 amide bonds. The molecule has 0 saturated carbocycles. The minimum Gasteiger partial charge on any atom is -0.361 e. The molecule has 2 aromatic rings. The molecule has 2 rings (SSSR count). The Bertz CT molecular complexity index is 708. The maximum absolute atomic E-state index is 12.0. The van der Waals surface area contributed by atoms with Crippen LogP contribution in [0.2, 0.25) is 0 Å². The second-order valence-corrected chi connectivity index (χ2v) is 6.97. The number of rotatable bonds is 11. The second kappa shape index (κ2) is 10.6. The van der Waals surface area contributed by atoms with Gasteiger partial charge in [-0.25, -0.2) is 0 Å². The largest absolute Gasteiger partial charge is 0.361 e. The van der Waals surface area contributed by atoms with Crippen molar-refractivity contribution in [2.24, 2.45) is 0 Å². The summed E-state index contributed by atoms with van der Waals surface area (Å²) in [6, 6.07) is 8.14. The van der Waals surface area contributed by atoms with Gasteiger partial charge in [-0.15, -0.1) is 0 Å². The van der Waals surface area contributed by atoms with Crippen LogP contribution in [0.15, 0.2) is 30.5 Å². The number of H-pyrrole nitrogens is 1. The van der Waals surface area contributed by atoms with Crippen molar-refractivity contribution in [1.82, 2.24) is 15.6 Å². The Kier molecular flexibility index (Phi) is 8.19. The second-order valence-electron chi connectivity index (χ2n) is 6.97. The fourth-order valence-electron chi connectivity index (χ4n) is 3.16. The van der Waals surface area contributed by atoms with Gasteiger partial charge in [-0.2, -0.15) is 0 Å². The zero-order valence-corrected chi connectivity index (χ0v) is 15.9. The molecular formula is C21H31N3O2. The van der Waals surface area contributed by atoms with E-state index in [-0.39, 0.29) is 24.4 Å². The normalized spacial score (nSPS) is 12.1. The average molecular weight is 357 g/mol. The third kappa shape index (κ3) is 6.54. The molecule has 0 radical (unpaired) electrons. The van der Waals surface area contributed by atoms with Gasteiger partial charge in [0.2, 0.25) is 11.8 Å². The predicted octanol–water partition coefficient (Wildman–Crippen LogP) is 3.69. The number of benzene rings is 1. The van der Waals surface area contributed by atoms with Crippen LogP contribution in [0.4, 0.5) is 0 Å². The Morgan fingerprint density at radius 3 is 2.65 bits per heavy atom. The molecule has 1 aromatic carbocycles. The van der Waals surface area contributed by atoms with E-state index in [0.29, 0.717) is 6.42 Å². The van der Waals surface area contributed by atoms with E-state index in [0.717, 1.165) is 24.8 Å². The fourth-order valence-corrected chi connectivity index (χ4v) is 3.16. The maximum atomic E-state index is 12.0. The van der Waals surface area contributed by atoms with E-state index in [1.165, 1.54) is 30.2 Å². The van der Waals surface area contributed by atoms with Crippen LogP contribution >= 0.6 is 0 Å². The number of hydrogen-bond donors (Lipinski definition) is 3. The van der Waals surface area contributed by atoms with Crippen LogP contribution in [-0.4, -0.2) is 29.4 Å². The zero-order chi connectivity index (χ0) is 18.8. The van der Waals surface area contributed by atoms with Gasteiger partial charge in [0.25, 0.3) is 0 Å². The topological polar surface area (TPSA) is 74.0 Å². The lowest BCUT2D eigenvalue weighted by Crippen LogP contribution is -2.41. The van der Waals surface area contributed by atoms with Crippen molar-refractivity contribution in [1.29, 1.82) is 0 Å². The van der Waals surface area contributed by atoms with Crippen LogP contribution in [0.1, 0.15) is 57.9 Å². The molecule has 0 aliphatic rings. The molecule has 0 saturated heterocycles. The van der Waals surface area contributed by atoms with Crippen LogP contribution in [-0.2, 0) is 16.0 Å². The molecule has 142 valence electrons. The Morgan fingerprint density at radius 1 is 1.08 bits per heavy atom. The molecule has 1 aromatic heterocycles. The zero-order valence-electron chi connectivity index (χ0n) is 15.9. The lowest BCUT2D eigenvalue weighted by atomic mass is 10.1. The number of unbranched alkanes of at least 4 members (excludes halogenated alkanes) is 4. The first-order valence-corrected chi connectivity index (χ1v) is 9.71. The highest BCUT2D eigenvalue weighted by molar-refractivity contribution is 5.85. The number of para-hydroxylation sites is 1. The third-order valence-electron chi connectivity index (χ3n) is 4.56. The number of fused-ring (bicyclic) bond motifs is 1. The van der Waals surface area contributed by atoms with Crippen molar-refractivity contribution in [3.8, 4) is 0 Å². The van der Waals surface area contributed by atoms with Gasteiger partial charge in [0.05, 0.1) is 6.54 Å². The first kappa shape index (κ1) is 20.0. The fraction of sp³-hybridized carbons (Fsp3) is 0.524. The molecule has 5 heteroatoms. The number of nitrogens with one attached hydrogen (secondary N) is 3. The number of carbonyl (C=O) groups excluding carboxylic acids is 2. The molecule has 5 nitrogen and oxygen atoms in total. The van der Waals surface area contributed by atoms with E-state index >= 15 is 0 Å². The molecule has 0 fully saturated rings. The molecule has 1 heterocycles. The molecule has 3 N–H and O–H groups in total. The molecule has 0 unspecified atom stereocenters. The van der Waals surface area contributed by atoms with Gasteiger partial charge in [-0.1, -0.05) is 50.8 Å². The highest BCUT2D eigenvalue weighted by Gasteiger charge is 2.12. The van der Waals surface area contributed by atoms with Crippen molar-refractivity contribution in [2.45, 2.75) is 64.8 Å². The summed E-state index contributed by atoms with van der Waals surface area (Å²) >= 11 is 0. The molecule has 0 aliphatic heterocycles. The summed E-state index contributed by atoms with van der Waals surface area (Å²) in [5.41, 5.74) is 2.29. The molecule has 0 aliphatic carbocycles. The molecule has 1 atom stereocenters. The van der Waals surface area contributed by atoms with Crippen molar-refractivity contribution < 1.29 is 9.59 Å². The number of aromatic nitrogens is 1. The lowest BCUT2D eigenvalue weighted by Gasteiger charge is -2.14. The highest BCUT2D eigenvalue weighted by Crippen LogP contribution is 2.18. The van der Waals surface area contributed by atoms with Gasteiger partial charge in [0, 0.05) is 29.6 Å². The molecule has 26 heavy (non-hydrogen) atoms. The Hall–Kier alpha value is -2.30. The Balaban J connectivity index is 1.66. The number of carbonyl (C=O) groups is 2. The van der Waals surface area contributed by atoms with Crippen LogP contribution in [0.3, 0.4) is 0 Å². The van der Waals surface area contributed by atoms with E-state index in [4.69, 9.17) is 0 Å². The smallest absolute Gasteiger partial charge is 0.239 e. The number of amides is 2. The standard InChI is InChI=1S/C21H31N3O2/c1-3-4-5-6-7-12-20(25)23-15-21(26)24-16(2)13-17-14-22-19-11-9-8-10-18(17)19/h8-11,14,16,22H,3-7,12-13,15H2,1-2H3,(H,23,25)(H,24,26)/t16-/m0/s1. The van der Waals surface area contributed by atoms with Crippen LogP contribution in [0, 0.1) is 0 Å². The van der Waals surface area contributed by atoms with E-state index in [1.54, 1.807) is 0 Å².